The molecule has 2 rings (SSSR count). The molecule has 6 nitrogen and oxygen atoms in total. The van der Waals surface area contributed by atoms with Crippen molar-refractivity contribution in [2.75, 3.05) is 37.9 Å². The molecule has 29 heavy (non-hydrogen) atoms. The number of carbonyl (C=O) groups is 2. The molecule has 0 aliphatic rings. The summed E-state index contributed by atoms with van der Waals surface area (Å²) in [4.78, 5) is 24.8. The van der Waals surface area contributed by atoms with Crippen molar-refractivity contribution in [1.82, 2.24) is 0 Å². The standard InChI is InChI=1S/C19H19ClF3N3O3/c1-26(10-17(27)24-13-4-3-5-14(9-13)29-2)11-18(28)25-16-8-12(19(21,22)23)6-7-15(16)20/h3-9H,10-11H2,1-2H3,(H,24,27)(H,25,28)/p+1. The van der Waals surface area contributed by atoms with Crippen molar-refractivity contribution in [1.29, 1.82) is 0 Å². The lowest BCUT2D eigenvalue weighted by molar-refractivity contribution is -0.862. The zero-order valence-corrected chi connectivity index (χ0v) is 16.4. The zero-order chi connectivity index (χ0) is 21.6. The second kappa shape index (κ2) is 9.62. The van der Waals surface area contributed by atoms with Gasteiger partial charge in [0.15, 0.2) is 13.1 Å². The Balaban J connectivity index is 1.91. The number of hydrogen-bond donors (Lipinski definition) is 3. The Morgan fingerprint density at radius 3 is 2.34 bits per heavy atom. The maximum atomic E-state index is 12.8. The molecule has 2 aromatic carbocycles. The summed E-state index contributed by atoms with van der Waals surface area (Å²) in [6, 6.07) is 9.46. The first-order chi connectivity index (χ1) is 13.6. The number of carbonyl (C=O) groups excluding carboxylic acids is 2. The molecule has 2 aromatic rings. The zero-order valence-electron chi connectivity index (χ0n) is 15.7. The molecule has 0 aromatic heterocycles. The largest absolute Gasteiger partial charge is 0.497 e. The molecule has 3 N–H and O–H groups in total. The summed E-state index contributed by atoms with van der Waals surface area (Å²) < 4.78 is 43.5. The van der Waals surface area contributed by atoms with E-state index in [1.807, 2.05) is 0 Å². The highest BCUT2D eigenvalue weighted by atomic mass is 35.5. The normalized spacial score (nSPS) is 12.2. The van der Waals surface area contributed by atoms with Crippen LogP contribution in [-0.4, -0.2) is 39.1 Å². The number of quaternary nitrogens is 1. The summed E-state index contributed by atoms with van der Waals surface area (Å²) in [7, 11) is 3.12. The van der Waals surface area contributed by atoms with E-state index >= 15 is 0 Å². The number of methoxy groups -OCH3 is 1. The lowest BCUT2D eigenvalue weighted by Crippen LogP contribution is -3.11. The molecule has 0 saturated carbocycles. The molecular weight excluding hydrogens is 411 g/mol. The topological polar surface area (TPSA) is 71.9 Å². The van der Waals surface area contributed by atoms with E-state index in [-0.39, 0.29) is 29.7 Å². The minimum Gasteiger partial charge on any atom is -0.497 e. The number of likely N-dealkylation sites (N-methyl/N-ethyl adjacent to an activating group) is 1. The molecule has 10 heteroatoms. The van der Waals surface area contributed by atoms with Gasteiger partial charge in [0.05, 0.1) is 30.4 Å². The SMILES string of the molecule is COc1cccc(NC(=O)C[NH+](C)CC(=O)Nc2cc(C(F)(F)F)ccc2Cl)c1. The average molecular weight is 431 g/mol. The molecule has 2 amide bonds. The minimum atomic E-state index is -4.55. The van der Waals surface area contributed by atoms with Crippen molar-refractivity contribution in [3.63, 3.8) is 0 Å². The average Bonchev–Trinajstić information content (AvgIpc) is 2.62. The number of halogens is 4. The first-order valence-electron chi connectivity index (χ1n) is 8.50. The molecule has 1 unspecified atom stereocenters. The van der Waals surface area contributed by atoms with Crippen LogP contribution < -0.4 is 20.3 Å². The summed E-state index contributed by atoms with van der Waals surface area (Å²) >= 11 is 5.86. The van der Waals surface area contributed by atoms with E-state index in [1.165, 1.54) is 7.11 Å². The van der Waals surface area contributed by atoms with Crippen molar-refractivity contribution >= 4 is 34.8 Å². The monoisotopic (exact) mass is 430 g/mol. The van der Waals surface area contributed by atoms with Gasteiger partial charge in [-0.25, -0.2) is 0 Å². The lowest BCUT2D eigenvalue weighted by atomic mass is 10.2. The fourth-order valence-electron chi connectivity index (χ4n) is 2.51. The number of ether oxygens (including phenoxy) is 1. The number of benzene rings is 2. The molecule has 0 saturated heterocycles. The third-order valence-electron chi connectivity index (χ3n) is 3.85. The van der Waals surface area contributed by atoms with Gasteiger partial charge in [-0.3, -0.25) is 9.59 Å². The van der Waals surface area contributed by atoms with Gasteiger partial charge in [-0.05, 0) is 30.3 Å². The number of amides is 2. The molecule has 1 atom stereocenters. The highest BCUT2D eigenvalue weighted by molar-refractivity contribution is 6.33. The van der Waals surface area contributed by atoms with Crippen molar-refractivity contribution in [3.8, 4) is 5.75 Å². The third-order valence-corrected chi connectivity index (χ3v) is 4.18. The summed E-state index contributed by atoms with van der Waals surface area (Å²) in [5, 5.41) is 5.02. The lowest BCUT2D eigenvalue weighted by Gasteiger charge is -2.15. The van der Waals surface area contributed by atoms with Gasteiger partial charge < -0.3 is 20.3 Å². The van der Waals surface area contributed by atoms with Crippen molar-refractivity contribution in [3.05, 3.63) is 53.1 Å². The molecular formula is C19H20ClF3N3O3+. The maximum absolute atomic E-state index is 12.8. The van der Waals surface area contributed by atoms with E-state index in [2.05, 4.69) is 10.6 Å². The summed E-state index contributed by atoms with van der Waals surface area (Å²) in [5.41, 5.74) is -0.516. The Bertz CT molecular complexity index is 890. The Hall–Kier alpha value is -2.78. The smallest absolute Gasteiger partial charge is 0.416 e. The van der Waals surface area contributed by atoms with Crippen LogP contribution in [0.3, 0.4) is 0 Å². The number of hydrogen-bond acceptors (Lipinski definition) is 3. The van der Waals surface area contributed by atoms with Crippen LogP contribution in [0.1, 0.15) is 5.56 Å². The number of nitrogens with one attached hydrogen (secondary N) is 3. The van der Waals surface area contributed by atoms with E-state index in [0.29, 0.717) is 16.3 Å². The predicted octanol–water partition coefficient (Wildman–Crippen LogP) is 2.46. The van der Waals surface area contributed by atoms with Crippen LogP contribution in [0, 0.1) is 0 Å². The summed E-state index contributed by atoms with van der Waals surface area (Å²) in [6.07, 6.45) is -4.55. The van der Waals surface area contributed by atoms with E-state index in [1.54, 1.807) is 31.3 Å². The van der Waals surface area contributed by atoms with Gasteiger partial charge in [0.2, 0.25) is 0 Å². The van der Waals surface area contributed by atoms with Gasteiger partial charge in [-0.1, -0.05) is 17.7 Å². The fourth-order valence-corrected chi connectivity index (χ4v) is 2.67. The van der Waals surface area contributed by atoms with Gasteiger partial charge in [0, 0.05) is 11.8 Å². The Morgan fingerprint density at radius 2 is 1.72 bits per heavy atom. The molecule has 0 bridgehead atoms. The molecule has 0 heterocycles. The van der Waals surface area contributed by atoms with E-state index < -0.39 is 17.6 Å². The molecule has 156 valence electrons. The molecule has 0 fully saturated rings. The Kier molecular flexibility index (Phi) is 7.46. The number of anilines is 2. The van der Waals surface area contributed by atoms with Crippen LogP contribution in [0.2, 0.25) is 5.02 Å². The maximum Gasteiger partial charge on any atom is 0.416 e. The summed E-state index contributed by atoms with van der Waals surface area (Å²) in [5.74, 6) is -0.320. The van der Waals surface area contributed by atoms with Gasteiger partial charge in [0.25, 0.3) is 11.8 Å². The van der Waals surface area contributed by atoms with Crippen LogP contribution in [0.4, 0.5) is 24.5 Å². The fraction of sp³-hybridized carbons (Fsp3) is 0.263. The Labute approximate surface area is 170 Å². The van der Waals surface area contributed by atoms with Crippen molar-refractivity contribution < 1.29 is 32.4 Å². The second-order valence-electron chi connectivity index (χ2n) is 6.33. The van der Waals surface area contributed by atoms with Gasteiger partial charge in [-0.15, -0.1) is 0 Å². The van der Waals surface area contributed by atoms with Crippen LogP contribution in [0.5, 0.6) is 5.75 Å². The van der Waals surface area contributed by atoms with E-state index in [0.717, 1.165) is 18.2 Å². The first-order valence-corrected chi connectivity index (χ1v) is 8.88. The van der Waals surface area contributed by atoms with Gasteiger partial charge in [0.1, 0.15) is 5.75 Å². The molecule has 0 spiro atoms. The van der Waals surface area contributed by atoms with E-state index in [9.17, 15) is 22.8 Å². The van der Waals surface area contributed by atoms with Crippen molar-refractivity contribution in [2.45, 2.75) is 6.18 Å². The van der Waals surface area contributed by atoms with Gasteiger partial charge >= 0.3 is 6.18 Å². The van der Waals surface area contributed by atoms with E-state index in [4.69, 9.17) is 16.3 Å². The second-order valence-corrected chi connectivity index (χ2v) is 6.74. The van der Waals surface area contributed by atoms with Crippen molar-refractivity contribution in [2.24, 2.45) is 0 Å². The first kappa shape index (κ1) is 22.5. The minimum absolute atomic E-state index is 0.0141. The van der Waals surface area contributed by atoms with Gasteiger partial charge in [-0.2, -0.15) is 13.2 Å². The molecule has 0 aliphatic carbocycles. The highest BCUT2D eigenvalue weighted by Gasteiger charge is 2.31. The predicted molar refractivity (Wildman–Crippen MR) is 103 cm³/mol. The number of alkyl halides is 3. The third kappa shape index (κ3) is 6.95. The highest BCUT2D eigenvalue weighted by Crippen LogP contribution is 2.33. The molecule has 0 aliphatic heterocycles. The summed E-state index contributed by atoms with van der Waals surface area (Å²) in [6.45, 7) is -0.168. The van der Waals surface area contributed by atoms with Crippen LogP contribution in [0.15, 0.2) is 42.5 Å². The van der Waals surface area contributed by atoms with Crippen LogP contribution >= 0.6 is 11.6 Å². The number of rotatable bonds is 7. The van der Waals surface area contributed by atoms with Crippen LogP contribution in [0.25, 0.3) is 0 Å². The quantitative estimate of drug-likeness (QED) is 0.632. The Morgan fingerprint density at radius 1 is 1.07 bits per heavy atom. The van der Waals surface area contributed by atoms with Crippen LogP contribution in [-0.2, 0) is 15.8 Å². The molecule has 0 radical (unpaired) electrons.